The zero-order valence-electron chi connectivity index (χ0n) is 15.6. The van der Waals surface area contributed by atoms with E-state index in [-0.39, 0.29) is 24.2 Å². The van der Waals surface area contributed by atoms with Crippen LogP contribution in [-0.2, 0) is 9.53 Å². The third-order valence-corrected chi connectivity index (χ3v) is 4.93. The lowest BCUT2D eigenvalue weighted by molar-refractivity contribution is -0.131. The smallest absolute Gasteiger partial charge is 0.417 e. The normalized spacial score (nSPS) is 18.3. The Hall–Kier alpha value is -2.73. The lowest BCUT2D eigenvalue weighted by atomic mass is 9.99. The second kappa shape index (κ2) is 9.46. The maximum absolute atomic E-state index is 13.0. The molecule has 6 heteroatoms. The Balaban J connectivity index is 1.63. The van der Waals surface area contributed by atoms with Gasteiger partial charge in [-0.3, -0.25) is 4.79 Å². The van der Waals surface area contributed by atoms with Crippen LogP contribution in [0.3, 0.4) is 0 Å². The predicted molar refractivity (Wildman–Crippen MR) is 102 cm³/mol. The van der Waals surface area contributed by atoms with Gasteiger partial charge in [0, 0.05) is 6.42 Å². The first kappa shape index (κ1) is 20.0. The van der Waals surface area contributed by atoms with Gasteiger partial charge in [-0.2, -0.15) is 0 Å². The van der Waals surface area contributed by atoms with E-state index in [2.05, 4.69) is 0 Å². The number of imide groups is 1. The molecule has 3 rings (SSSR count). The van der Waals surface area contributed by atoms with Crippen molar-refractivity contribution in [3.05, 3.63) is 71.5 Å². The molecule has 2 aromatic carbocycles. The van der Waals surface area contributed by atoms with Crippen LogP contribution in [0, 0.1) is 5.82 Å². The molecule has 1 fully saturated rings. The molecule has 0 bridgehead atoms. The van der Waals surface area contributed by atoms with Crippen LogP contribution in [0.25, 0.3) is 0 Å². The summed E-state index contributed by atoms with van der Waals surface area (Å²) in [5, 5.41) is 10.2. The first-order valence-electron chi connectivity index (χ1n) is 9.53. The molecule has 0 radical (unpaired) electrons. The summed E-state index contributed by atoms with van der Waals surface area (Å²) in [5.74, 6) is -0.676. The van der Waals surface area contributed by atoms with Gasteiger partial charge in [-0.05, 0) is 48.9 Å². The number of ether oxygens (including phenoxy) is 1. The number of benzene rings is 2. The van der Waals surface area contributed by atoms with E-state index >= 15 is 0 Å². The monoisotopic (exact) mass is 385 g/mol. The fourth-order valence-corrected chi connectivity index (χ4v) is 3.45. The maximum Gasteiger partial charge on any atom is 0.417 e. The van der Waals surface area contributed by atoms with E-state index in [9.17, 15) is 19.1 Å². The molecule has 148 valence electrons. The molecule has 0 aromatic heterocycles. The van der Waals surface area contributed by atoms with Gasteiger partial charge in [0.15, 0.2) is 0 Å². The van der Waals surface area contributed by atoms with Crippen LogP contribution in [0.15, 0.2) is 54.6 Å². The van der Waals surface area contributed by atoms with E-state index < -0.39 is 12.2 Å². The number of hydrogen-bond donors (Lipinski definition) is 1. The summed E-state index contributed by atoms with van der Waals surface area (Å²) < 4.78 is 18.2. The summed E-state index contributed by atoms with van der Waals surface area (Å²) in [7, 11) is 0. The third-order valence-electron chi connectivity index (χ3n) is 4.93. The van der Waals surface area contributed by atoms with Gasteiger partial charge in [0.2, 0.25) is 5.91 Å². The molecular formula is C22H24FNO4. The zero-order chi connectivity index (χ0) is 19.9. The fourth-order valence-electron chi connectivity index (χ4n) is 3.45. The molecule has 0 spiro atoms. The SMILES string of the molecule is O=C(CCCC(O)c1ccc(F)cc1)N1C(=O)OCCC[C@H]1c1ccccc1. The van der Waals surface area contributed by atoms with Crippen LogP contribution < -0.4 is 0 Å². The highest BCUT2D eigenvalue weighted by Gasteiger charge is 2.33. The minimum Gasteiger partial charge on any atom is -0.449 e. The lowest BCUT2D eigenvalue weighted by Crippen LogP contribution is -2.39. The Morgan fingerprint density at radius 1 is 1.18 bits per heavy atom. The van der Waals surface area contributed by atoms with E-state index in [0.29, 0.717) is 37.9 Å². The number of hydrogen-bond acceptors (Lipinski definition) is 4. The van der Waals surface area contributed by atoms with Gasteiger partial charge in [-0.1, -0.05) is 42.5 Å². The fraction of sp³-hybridized carbons (Fsp3) is 0.364. The third kappa shape index (κ3) is 4.95. The Morgan fingerprint density at radius 2 is 1.89 bits per heavy atom. The van der Waals surface area contributed by atoms with E-state index in [1.165, 1.54) is 29.2 Å². The van der Waals surface area contributed by atoms with Gasteiger partial charge in [0.05, 0.1) is 18.8 Å². The highest BCUT2D eigenvalue weighted by molar-refractivity contribution is 5.92. The van der Waals surface area contributed by atoms with E-state index in [1.54, 1.807) is 0 Å². The summed E-state index contributed by atoms with van der Waals surface area (Å²) in [5.41, 5.74) is 1.51. The topological polar surface area (TPSA) is 66.8 Å². The molecule has 5 nitrogen and oxygen atoms in total. The van der Waals surface area contributed by atoms with Gasteiger partial charge < -0.3 is 9.84 Å². The Morgan fingerprint density at radius 3 is 2.61 bits per heavy atom. The summed E-state index contributed by atoms with van der Waals surface area (Å²) in [6.45, 7) is 0.301. The van der Waals surface area contributed by atoms with E-state index in [1.807, 2.05) is 30.3 Å². The number of aliphatic hydroxyl groups is 1. The van der Waals surface area contributed by atoms with Crippen LogP contribution in [0.5, 0.6) is 0 Å². The Bertz CT molecular complexity index is 794. The van der Waals surface area contributed by atoms with Crippen molar-refractivity contribution in [1.29, 1.82) is 0 Å². The zero-order valence-corrected chi connectivity index (χ0v) is 15.6. The molecule has 1 N–H and O–H groups in total. The maximum atomic E-state index is 13.0. The van der Waals surface area contributed by atoms with Crippen LogP contribution in [0.4, 0.5) is 9.18 Å². The molecule has 2 atom stereocenters. The van der Waals surface area contributed by atoms with Crippen molar-refractivity contribution in [2.24, 2.45) is 0 Å². The minimum absolute atomic E-state index is 0.122. The van der Waals surface area contributed by atoms with Crippen LogP contribution in [-0.4, -0.2) is 28.6 Å². The Kier molecular flexibility index (Phi) is 6.76. The minimum atomic E-state index is -0.783. The molecule has 0 saturated carbocycles. The van der Waals surface area contributed by atoms with Gasteiger partial charge in [0.1, 0.15) is 5.82 Å². The van der Waals surface area contributed by atoms with Crippen molar-refractivity contribution in [2.45, 2.75) is 44.2 Å². The molecule has 1 aliphatic heterocycles. The summed E-state index contributed by atoms with van der Waals surface area (Å²) in [6, 6.07) is 14.8. The van der Waals surface area contributed by atoms with Crippen molar-refractivity contribution in [3.8, 4) is 0 Å². The summed E-state index contributed by atoms with van der Waals surface area (Å²) in [4.78, 5) is 26.4. The van der Waals surface area contributed by atoms with Crippen molar-refractivity contribution < 1.29 is 23.8 Å². The second-order valence-electron chi connectivity index (χ2n) is 6.91. The molecule has 2 aromatic rings. The predicted octanol–water partition coefficient (Wildman–Crippen LogP) is 4.53. The average Bonchev–Trinajstić information content (AvgIpc) is 2.90. The lowest BCUT2D eigenvalue weighted by Gasteiger charge is -2.27. The molecule has 1 saturated heterocycles. The molecule has 2 amide bonds. The first-order valence-corrected chi connectivity index (χ1v) is 9.53. The molecular weight excluding hydrogens is 361 g/mol. The largest absolute Gasteiger partial charge is 0.449 e. The van der Waals surface area contributed by atoms with Gasteiger partial charge in [-0.25, -0.2) is 14.1 Å². The number of cyclic esters (lactones) is 1. The molecule has 1 unspecified atom stereocenters. The van der Waals surface area contributed by atoms with Crippen molar-refractivity contribution in [3.63, 3.8) is 0 Å². The standard InChI is InChI=1S/C22H24FNO4/c23-18-13-11-17(12-14-18)20(25)9-4-10-21(26)24-19(8-5-15-28-22(24)27)16-6-2-1-3-7-16/h1-3,6-7,11-14,19-20,25H,4-5,8-10,15H2/t19-,20?/m0/s1. The number of rotatable bonds is 6. The second-order valence-corrected chi connectivity index (χ2v) is 6.91. The van der Waals surface area contributed by atoms with Crippen LogP contribution in [0.2, 0.25) is 0 Å². The van der Waals surface area contributed by atoms with Crippen LogP contribution in [0.1, 0.15) is 55.4 Å². The molecule has 0 aliphatic carbocycles. The Labute approximate surface area is 163 Å². The highest BCUT2D eigenvalue weighted by atomic mass is 19.1. The van der Waals surface area contributed by atoms with Crippen molar-refractivity contribution in [2.75, 3.05) is 6.61 Å². The van der Waals surface area contributed by atoms with Crippen molar-refractivity contribution in [1.82, 2.24) is 4.90 Å². The summed E-state index contributed by atoms with van der Waals surface area (Å²) in [6.07, 6.45) is 0.818. The highest BCUT2D eigenvalue weighted by Crippen LogP contribution is 2.30. The van der Waals surface area contributed by atoms with E-state index in [0.717, 1.165) is 5.56 Å². The number of carbonyl (C=O) groups is 2. The van der Waals surface area contributed by atoms with Crippen molar-refractivity contribution >= 4 is 12.0 Å². The first-order chi connectivity index (χ1) is 13.6. The van der Waals surface area contributed by atoms with Gasteiger partial charge in [-0.15, -0.1) is 0 Å². The average molecular weight is 385 g/mol. The quantitative estimate of drug-likeness (QED) is 0.793. The number of aliphatic hydroxyl groups excluding tert-OH is 1. The number of halogens is 1. The molecule has 1 heterocycles. The number of amides is 2. The van der Waals surface area contributed by atoms with Gasteiger partial charge >= 0.3 is 6.09 Å². The summed E-state index contributed by atoms with van der Waals surface area (Å²) >= 11 is 0. The van der Waals surface area contributed by atoms with Crippen LogP contribution >= 0.6 is 0 Å². The number of nitrogens with zero attached hydrogens (tertiary/aromatic N) is 1. The number of carbonyl (C=O) groups excluding carboxylic acids is 2. The molecule has 1 aliphatic rings. The molecule has 28 heavy (non-hydrogen) atoms. The van der Waals surface area contributed by atoms with E-state index in [4.69, 9.17) is 4.74 Å². The van der Waals surface area contributed by atoms with Gasteiger partial charge in [0.25, 0.3) is 0 Å².